The molecule has 0 N–H and O–H groups in total. The van der Waals surface area contributed by atoms with E-state index < -0.39 is 17.1 Å². The molecule has 0 radical (unpaired) electrons. The van der Waals surface area contributed by atoms with Crippen LogP contribution in [0.1, 0.15) is 0 Å². The lowest BCUT2D eigenvalue weighted by molar-refractivity contribution is 0.552. The van der Waals surface area contributed by atoms with E-state index in [9.17, 15) is 13.6 Å². The Labute approximate surface area is 94.1 Å². The van der Waals surface area contributed by atoms with Crippen molar-refractivity contribution in [1.82, 2.24) is 0 Å². The summed E-state index contributed by atoms with van der Waals surface area (Å²) in [5, 5.41) is 0.228. The van der Waals surface area contributed by atoms with Crippen molar-refractivity contribution in [1.29, 1.82) is 0 Å². The van der Waals surface area contributed by atoms with Gasteiger partial charge in [-0.15, -0.1) is 0 Å². The molecule has 0 aliphatic heterocycles. The summed E-state index contributed by atoms with van der Waals surface area (Å²) in [6.45, 7) is 0. The van der Waals surface area contributed by atoms with Gasteiger partial charge in [0.25, 0.3) is 0 Å². The smallest absolute Gasteiger partial charge is 0.200 e. The molecule has 0 atom stereocenters. The van der Waals surface area contributed by atoms with Crippen molar-refractivity contribution >= 4 is 21.9 Å². The molecule has 0 aliphatic carbocycles. The zero-order valence-corrected chi connectivity index (χ0v) is 8.54. The molecule has 3 rings (SSSR count). The second-order valence-corrected chi connectivity index (χ2v) is 3.66. The van der Waals surface area contributed by atoms with Gasteiger partial charge < -0.3 is 4.42 Å². The first-order chi connectivity index (χ1) is 8.18. The summed E-state index contributed by atoms with van der Waals surface area (Å²) in [5.74, 6) is -1.35. The van der Waals surface area contributed by atoms with Gasteiger partial charge in [0, 0.05) is 0 Å². The Morgan fingerprint density at radius 1 is 0.824 bits per heavy atom. The molecule has 17 heavy (non-hydrogen) atoms. The second kappa shape index (κ2) is 3.38. The number of fused-ring (bicyclic) bond motifs is 2. The quantitative estimate of drug-likeness (QED) is 0.557. The van der Waals surface area contributed by atoms with Crippen LogP contribution in [-0.4, -0.2) is 0 Å². The third kappa shape index (κ3) is 1.34. The third-order valence-corrected chi connectivity index (χ3v) is 2.63. The van der Waals surface area contributed by atoms with Gasteiger partial charge in [-0.3, -0.25) is 4.79 Å². The molecule has 84 valence electrons. The van der Waals surface area contributed by atoms with E-state index in [1.165, 1.54) is 24.3 Å². The highest BCUT2D eigenvalue weighted by atomic mass is 19.1. The van der Waals surface area contributed by atoms with E-state index in [1.54, 1.807) is 0 Å². The fraction of sp³-hybridized carbons (Fsp3) is 0. The third-order valence-electron chi connectivity index (χ3n) is 2.63. The molecule has 0 saturated carbocycles. The first-order valence-electron chi connectivity index (χ1n) is 4.98. The van der Waals surface area contributed by atoms with Gasteiger partial charge in [0.05, 0.1) is 10.8 Å². The number of rotatable bonds is 0. The Morgan fingerprint density at radius 3 is 1.76 bits per heavy atom. The minimum absolute atomic E-state index is 0.114. The summed E-state index contributed by atoms with van der Waals surface area (Å²) in [4.78, 5) is 12.0. The average Bonchev–Trinajstić information content (AvgIpc) is 2.32. The van der Waals surface area contributed by atoms with Gasteiger partial charge in [0.1, 0.15) is 0 Å². The van der Waals surface area contributed by atoms with Crippen LogP contribution in [-0.2, 0) is 0 Å². The maximum Gasteiger partial charge on any atom is 0.200 e. The molecule has 1 aromatic heterocycles. The highest BCUT2D eigenvalue weighted by Crippen LogP contribution is 2.22. The first kappa shape index (κ1) is 9.96. The van der Waals surface area contributed by atoms with Gasteiger partial charge in [0.15, 0.2) is 22.8 Å². The molecular weight excluding hydrogens is 226 g/mol. The Kier molecular flexibility index (Phi) is 1.98. The van der Waals surface area contributed by atoms with Crippen LogP contribution in [0.3, 0.4) is 0 Å². The van der Waals surface area contributed by atoms with Gasteiger partial charge in [-0.1, -0.05) is 12.1 Å². The van der Waals surface area contributed by atoms with Crippen LogP contribution in [0.25, 0.3) is 21.9 Å². The van der Waals surface area contributed by atoms with Crippen LogP contribution < -0.4 is 5.43 Å². The highest BCUT2D eigenvalue weighted by molar-refractivity contribution is 5.89. The number of hydrogen-bond donors (Lipinski definition) is 0. The predicted molar refractivity (Wildman–Crippen MR) is 59.9 cm³/mol. The van der Waals surface area contributed by atoms with Crippen LogP contribution in [0.4, 0.5) is 8.78 Å². The van der Waals surface area contributed by atoms with Crippen LogP contribution in [0, 0.1) is 11.6 Å². The fourth-order valence-corrected chi connectivity index (χ4v) is 1.83. The van der Waals surface area contributed by atoms with E-state index in [1.807, 2.05) is 0 Å². The maximum atomic E-state index is 13.5. The van der Waals surface area contributed by atoms with Crippen LogP contribution in [0.2, 0.25) is 0 Å². The average molecular weight is 232 g/mol. The summed E-state index contributed by atoms with van der Waals surface area (Å²) in [6, 6.07) is 8.07. The second-order valence-electron chi connectivity index (χ2n) is 3.66. The van der Waals surface area contributed by atoms with E-state index in [4.69, 9.17) is 4.42 Å². The van der Waals surface area contributed by atoms with E-state index >= 15 is 0 Å². The summed E-state index contributed by atoms with van der Waals surface area (Å²) >= 11 is 0. The first-order valence-corrected chi connectivity index (χ1v) is 4.98. The Hall–Kier alpha value is -2.23. The zero-order chi connectivity index (χ0) is 12.0. The van der Waals surface area contributed by atoms with E-state index in [0.29, 0.717) is 0 Å². The Morgan fingerprint density at radius 2 is 1.29 bits per heavy atom. The standard InChI is InChI=1S/C13H6F2O2/c14-9-5-1-3-7-11(16)8-4-2-6-10(15)13(8)17-12(7)9/h1-6H. The largest absolute Gasteiger partial charge is 0.450 e. The van der Waals surface area contributed by atoms with Crippen molar-refractivity contribution in [2.45, 2.75) is 0 Å². The fourth-order valence-electron chi connectivity index (χ4n) is 1.83. The highest BCUT2D eigenvalue weighted by Gasteiger charge is 2.12. The van der Waals surface area contributed by atoms with E-state index in [-0.39, 0.29) is 21.9 Å². The van der Waals surface area contributed by atoms with Crippen LogP contribution in [0.15, 0.2) is 45.6 Å². The predicted octanol–water partition coefficient (Wildman–Crippen LogP) is 3.22. The zero-order valence-electron chi connectivity index (χ0n) is 8.54. The molecule has 1 heterocycles. The van der Waals surface area contributed by atoms with Crippen molar-refractivity contribution in [2.75, 3.05) is 0 Å². The van der Waals surface area contributed by atoms with Crippen molar-refractivity contribution in [3.8, 4) is 0 Å². The Bertz CT molecular complexity index is 727. The van der Waals surface area contributed by atoms with Gasteiger partial charge in [-0.25, -0.2) is 8.78 Å². The minimum Gasteiger partial charge on any atom is -0.450 e. The number of halogens is 2. The van der Waals surface area contributed by atoms with Gasteiger partial charge in [0.2, 0.25) is 5.43 Å². The van der Waals surface area contributed by atoms with Gasteiger partial charge >= 0.3 is 0 Å². The molecule has 0 unspecified atom stereocenters. The summed E-state index contributed by atoms with van der Waals surface area (Å²) in [7, 11) is 0. The van der Waals surface area contributed by atoms with Gasteiger partial charge in [-0.2, -0.15) is 0 Å². The molecule has 4 heteroatoms. The van der Waals surface area contributed by atoms with Crippen LogP contribution >= 0.6 is 0 Å². The van der Waals surface area contributed by atoms with Gasteiger partial charge in [-0.05, 0) is 24.3 Å². The van der Waals surface area contributed by atoms with Crippen molar-refractivity contribution in [2.24, 2.45) is 0 Å². The molecule has 2 nitrogen and oxygen atoms in total. The topological polar surface area (TPSA) is 30.2 Å². The molecule has 2 aromatic carbocycles. The summed E-state index contributed by atoms with van der Waals surface area (Å²) in [6.07, 6.45) is 0. The molecule has 0 saturated heterocycles. The molecule has 0 fully saturated rings. The number of hydrogen-bond acceptors (Lipinski definition) is 2. The molecule has 0 amide bonds. The molecular formula is C13H6F2O2. The van der Waals surface area contributed by atoms with E-state index in [2.05, 4.69) is 0 Å². The summed E-state index contributed by atoms with van der Waals surface area (Å²) < 4.78 is 32.1. The number of para-hydroxylation sites is 2. The monoisotopic (exact) mass is 232 g/mol. The lowest BCUT2D eigenvalue weighted by Gasteiger charge is -2.02. The minimum atomic E-state index is -0.676. The molecule has 0 spiro atoms. The van der Waals surface area contributed by atoms with Crippen molar-refractivity contribution in [3.05, 3.63) is 58.3 Å². The maximum absolute atomic E-state index is 13.5. The lowest BCUT2D eigenvalue weighted by atomic mass is 10.1. The van der Waals surface area contributed by atoms with Crippen molar-refractivity contribution in [3.63, 3.8) is 0 Å². The normalized spacial score (nSPS) is 11.2. The van der Waals surface area contributed by atoms with E-state index in [0.717, 1.165) is 12.1 Å². The number of benzene rings is 2. The summed E-state index contributed by atoms with van der Waals surface area (Å²) in [5.41, 5.74) is -0.856. The molecule has 0 aliphatic rings. The molecule has 0 bridgehead atoms. The van der Waals surface area contributed by atoms with Crippen molar-refractivity contribution < 1.29 is 13.2 Å². The SMILES string of the molecule is O=c1c2cccc(F)c2oc2c(F)cccc12. The molecule has 3 aromatic rings. The Balaban J connectivity index is 2.68. The lowest BCUT2D eigenvalue weighted by Crippen LogP contribution is -2.03. The van der Waals surface area contributed by atoms with Crippen LogP contribution in [0.5, 0.6) is 0 Å².